The SMILES string of the molecule is CS(=O)(=O)Cc1ccc2c(c1)S(=O)(=O)N=C(C1=C(O)[C@@H]3C4C5C6C(C7C4C7C(F)(F)C56)[C@@H]3N(Cc3ccc(F)cc3)C1=O)N2. The molecule has 0 radical (unpaired) electrons. The molecule has 7 aliphatic carbocycles. The number of hydrogen-bond donors (Lipinski definition) is 2. The number of aliphatic hydroxyl groups excluding tert-OH is 1. The summed E-state index contributed by atoms with van der Waals surface area (Å²) in [5.74, 6) is -8.67. The van der Waals surface area contributed by atoms with Crippen LogP contribution in [0.15, 0.2) is 63.1 Å². The first-order valence-electron chi connectivity index (χ1n) is 14.5. The number of amides is 1. The number of nitrogens with zero attached hydrogens (tertiary/aromatic N) is 2. The Kier molecular flexibility index (Phi) is 4.94. The van der Waals surface area contributed by atoms with Crippen LogP contribution < -0.4 is 5.32 Å². The van der Waals surface area contributed by atoms with E-state index in [4.69, 9.17) is 0 Å². The third-order valence-corrected chi connectivity index (χ3v) is 13.4. The van der Waals surface area contributed by atoms with Gasteiger partial charge in [0.15, 0.2) is 15.7 Å². The molecule has 2 aromatic rings. The van der Waals surface area contributed by atoms with Gasteiger partial charge in [0.25, 0.3) is 21.9 Å². The molecule has 44 heavy (non-hydrogen) atoms. The largest absolute Gasteiger partial charge is 0.511 e. The Morgan fingerprint density at radius 3 is 2.23 bits per heavy atom. The molecular formula is C30H26F3N3O6S2. The number of anilines is 1. The molecule has 14 heteroatoms. The van der Waals surface area contributed by atoms with Gasteiger partial charge in [-0.15, -0.1) is 4.40 Å². The van der Waals surface area contributed by atoms with Crippen molar-refractivity contribution in [3.63, 3.8) is 0 Å². The number of halogens is 3. The first-order chi connectivity index (χ1) is 20.7. The molecule has 9 nitrogen and oxygen atoms in total. The molecule has 2 N–H and O–H groups in total. The summed E-state index contributed by atoms with van der Waals surface area (Å²) in [7, 11) is -7.89. The Morgan fingerprint density at radius 2 is 1.59 bits per heavy atom. The quantitative estimate of drug-likeness (QED) is 0.510. The summed E-state index contributed by atoms with van der Waals surface area (Å²) in [6, 6.07) is 9.09. The monoisotopic (exact) mass is 645 g/mol. The molecule has 2 aliphatic heterocycles. The highest BCUT2D eigenvalue weighted by atomic mass is 32.2. The first-order valence-corrected chi connectivity index (χ1v) is 18.0. The molecule has 2 heterocycles. The number of hydrogen-bond acceptors (Lipinski definition) is 7. The highest BCUT2D eigenvalue weighted by Gasteiger charge is 2.93. The summed E-state index contributed by atoms with van der Waals surface area (Å²) in [5, 5.41) is 14.7. The normalized spacial score (nSPS) is 39.2. The molecule has 230 valence electrons. The molecule has 7 saturated carbocycles. The highest BCUT2D eigenvalue weighted by Crippen LogP contribution is 2.90. The molecular weight excluding hydrogens is 619 g/mol. The van der Waals surface area contributed by atoms with E-state index in [1.54, 1.807) is 4.90 Å². The van der Waals surface area contributed by atoms with Gasteiger partial charge in [-0.1, -0.05) is 18.2 Å². The number of carbonyl (C=O) groups excluding carboxylic acids is 1. The summed E-state index contributed by atoms with van der Waals surface area (Å²) < 4.78 is 98.5. The van der Waals surface area contributed by atoms with Crippen LogP contribution >= 0.6 is 0 Å². The average molecular weight is 646 g/mol. The number of sulfone groups is 1. The van der Waals surface area contributed by atoms with Crippen molar-refractivity contribution in [2.24, 2.45) is 57.7 Å². The van der Waals surface area contributed by atoms with Crippen LogP contribution in [-0.4, -0.2) is 56.8 Å². The number of rotatable bonds is 5. The van der Waals surface area contributed by atoms with Gasteiger partial charge in [0.2, 0.25) is 0 Å². The highest BCUT2D eigenvalue weighted by molar-refractivity contribution is 7.90. The fourth-order valence-corrected chi connectivity index (χ4v) is 12.0. The zero-order valence-corrected chi connectivity index (χ0v) is 24.7. The molecule has 8 atom stereocenters. The van der Waals surface area contributed by atoms with Gasteiger partial charge >= 0.3 is 0 Å². The molecule has 9 aliphatic rings. The molecule has 6 unspecified atom stereocenters. The van der Waals surface area contributed by atoms with Crippen LogP contribution in [0.3, 0.4) is 0 Å². The maximum absolute atomic E-state index is 15.3. The minimum Gasteiger partial charge on any atom is -0.511 e. The van der Waals surface area contributed by atoms with Gasteiger partial charge in [-0.3, -0.25) is 4.79 Å². The minimum atomic E-state index is -4.43. The molecule has 0 spiro atoms. The minimum absolute atomic E-state index is 0.0201. The van der Waals surface area contributed by atoms with Crippen molar-refractivity contribution in [1.29, 1.82) is 0 Å². The van der Waals surface area contributed by atoms with Crippen molar-refractivity contribution in [2.75, 3.05) is 11.6 Å². The second-order valence-corrected chi connectivity index (χ2v) is 17.2. The van der Waals surface area contributed by atoms with Gasteiger partial charge in [0, 0.05) is 36.6 Å². The maximum Gasteiger partial charge on any atom is 0.286 e. The first kappa shape index (κ1) is 27.0. The second kappa shape index (κ2) is 8.06. The van der Waals surface area contributed by atoms with E-state index >= 15 is 8.78 Å². The van der Waals surface area contributed by atoms with Crippen molar-refractivity contribution >= 4 is 37.3 Å². The van der Waals surface area contributed by atoms with E-state index in [0.29, 0.717) is 5.56 Å². The van der Waals surface area contributed by atoms with E-state index in [0.717, 1.165) is 6.26 Å². The van der Waals surface area contributed by atoms with Crippen molar-refractivity contribution < 1.29 is 39.9 Å². The van der Waals surface area contributed by atoms with E-state index in [2.05, 4.69) is 9.71 Å². The number of alkyl halides is 2. The fourth-order valence-electron chi connectivity index (χ4n) is 10.1. The number of benzene rings is 2. The number of amidine groups is 1. The van der Waals surface area contributed by atoms with Crippen LogP contribution in [0.2, 0.25) is 0 Å². The van der Waals surface area contributed by atoms with E-state index < -0.39 is 61.3 Å². The van der Waals surface area contributed by atoms with Gasteiger partial charge in [0.1, 0.15) is 22.0 Å². The summed E-state index contributed by atoms with van der Waals surface area (Å²) in [6.45, 7) is 0.0201. The van der Waals surface area contributed by atoms with Crippen LogP contribution in [-0.2, 0) is 37.0 Å². The molecule has 1 amide bonds. The zero-order valence-electron chi connectivity index (χ0n) is 23.1. The van der Waals surface area contributed by atoms with Gasteiger partial charge in [-0.05, 0) is 70.9 Å². The number of nitrogens with one attached hydrogen (secondary N) is 1. The fraction of sp³-hybridized carbons (Fsp3) is 0.467. The average Bonchev–Trinajstić information content (AvgIpc) is 3.84. The number of sulfonamides is 1. The van der Waals surface area contributed by atoms with E-state index in [1.165, 1.54) is 42.5 Å². The van der Waals surface area contributed by atoms with Crippen LogP contribution in [0.1, 0.15) is 11.1 Å². The van der Waals surface area contributed by atoms with E-state index in [1.807, 2.05) is 0 Å². The summed E-state index contributed by atoms with van der Waals surface area (Å²) in [5.41, 5.74) is 0.574. The Balaban J connectivity index is 1.16. The van der Waals surface area contributed by atoms with Gasteiger partial charge in [0.05, 0.1) is 11.4 Å². The maximum atomic E-state index is 15.3. The third kappa shape index (κ3) is 3.35. The molecule has 7 fully saturated rings. The van der Waals surface area contributed by atoms with E-state index in [9.17, 15) is 31.1 Å². The predicted octanol–water partition coefficient (Wildman–Crippen LogP) is 3.36. The number of aliphatic hydroxyl groups is 1. The van der Waals surface area contributed by atoms with Gasteiger partial charge < -0.3 is 15.3 Å². The standard InChI is InChI=1S/C30H26F3N3O6S2/c1-43(39,40)10-12-4-7-14-15(8-12)44(41,42)35-28(34-14)23-27(37)22-16-17-19-21(20-18(16)25(20)30(32,33)24(17)19)26(22)36(29(23)38)9-11-2-5-13(31)6-3-11/h2-8,16-22,24-26,37H,9-10H2,1H3,(H,34,35)/t16?,17?,18?,19?,20?,21?,22-,24?,25?,26+/m1/s1. The zero-order chi connectivity index (χ0) is 30.8. The molecule has 2 aromatic carbocycles. The molecule has 0 aromatic heterocycles. The third-order valence-electron chi connectivity index (χ3n) is 11.2. The van der Waals surface area contributed by atoms with E-state index in [-0.39, 0.29) is 81.1 Å². The second-order valence-electron chi connectivity index (χ2n) is 13.5. The Morgan fingerprint density at radius 1 is 0.977 bits per heavy atom. The van der Waals surface area contributed by atoms with Crippen LogP contribution in [0, 0.1) is 59.1 Å². The van der Waals surface area contributed by atoms with Crippen molar-refractivity contribution in [1.82, 2.24) is 4.90 Å². The van der Waals surface area contributed by atoms with Crippen LogP contribution in [0.5, 0.6) is 0 Å². The van der Waals surface area contributed by atoms with Crippen LogP contribution in [0.25, 0.3) is 0 Å². The Bertz CT molecular complexity index is 1970. The van der Waals surface area contributed by atoms with Crippen molar-refractivity contribution in [3.8, 4) is 0 Å². The van der Waals surface area contributed by atoms with Gasteiger partial charge in [-0.2, -0.15) is 8.42 Å². The molecule has 11 rings (SSSR count). The molecule has 8 bridgehead atoms. The number of fused-ring (bicyclic) bond motifs is 1. The smallest absolute Gasteiger partial charge is 0.286 e. The predicted molar refractivity (Wildman–Crippen MR) is 150 cm³/mol. The van der Waals surface area contributed by atoms with Crippen molar-refractivity contribution in [3.05, 3.63) is 70.7 Å². The lowest BCUT2D eigenvalue weighted by molar-refractivity contribution is -0.141. The topological polar surface area (TPSA) is 133 Å². The molecule has 0 saturated heterocycles. The lowest BCUT2D eigenvalue weighted by atomic mass is 9.59. The lowest BCUT2D eigenvalue weighted by Gasteiger charge is -2.54. The number of carbonyl (C=O) groups is 1. The van der Waals surface area contributed by atoms with Crippen molar-refractivity contribution in [2.45, 2.75) is 29.2 Å². The Hall–Kier alpha value is -3.39. The Labute approximate surface area is 250 Å². The lowest BCUT2D eigenvalue weighted by Crippen LogP contribution is -2.61. The summed E-state index contributed by atoms with van der Waals surface area (Å²) >= 11 is 0. The summed E-state index contributed by atoms with van der Waals surface area (Å²) in [6.07, 6.45) is 1.03. The summed E-state index contributed by atoms with van der Waals surface area (Å²) in [4.78, 5) is 15.6. The van der Waals surface area contributed by atoms with Gasteiger partial charge in [-0.25, -0.2) is 21.6 Å². The van der Waals surface area contributed by atoms with Crippen LogP contribution in [0.4, 0.5) is 18.9 Å².